The summed E-state index contributed by atoms with van der Waals surface area (Å²) in [4.78, 5) is 0. The molecule has 4 N–H and O–H groups in total. The Morgan fingerprint density at radius 3 is 2.38 bits per heavy atom. The highest BCUT2D eigenvalue weighted by atomic mass is 17.0. The van der Waals surface area contributed by atoms with E-state index in [9.17, 15) is 0 Å². The van der Waals surface area contributed by atoms with Gasteiger partial charge in [-0.05, 0) is 26.3 Å². The highest BCUT2D eigenvalue weighted by Gasteiger charge is 1.93. The monoisotopic (exact) mass is 189 g/mol. The van der Waals surface area contributed by atoms with Crippen molar-refractivity contribution in [3.63, 3.8) is 0 Å². The van der Waals surface area contributed by atoms with Gasteiger partial charge in [0, 0.05) is 1.43 Å². The molecule has 0 atom stereocenters. The Bertz CT molecular complexity index is 147. The van der Waals surface area contributed by atoms with E-state index in [4.69, 9.17) is 10.5 Å². The van der Waals surface area contributed by atoms with Crippen LogP contribution in [0.2, 0.25) is 0 Å². The largest absolute Gasteiger partial charge is 0.333 e. The molecule has 0 aromatic rings. The fourth-order valence-electron chi connectivity index (χ4n) is 1.14. The molecule has 0 aromatic heterocycles. The van der Waals surface area contributed by atoms with Crippen molar-refractivity contribution in [2.75, 3.05) is 7.05 Å². The average Bonchev–Trinajstić information content (AvgIpc) is 2.26. The summed E-state index contributed by atoms with van der Waals surface area (Å²) in [7, 11) is 1.50. The number of hydrogen-bond donors (Lipinski definition) is 3. The molecule has 0 saturated heterocycles. The van der Waals surface area contributed by atoms with Crippen LogP contribution in [0.4, 0.5) is 0 Å². The van der Waals surface area contributed by atoms with Gasteiger partial charge in [-0.3, -0.25) is 10.5 Å². The lowest BCUT2D eigenvalue weighted by atomic mass is 10.0. The van der Waals surface area contributed by atoms with Gasteiger partial charge in [0.1, 0.15) is 0 Å². The maximum atomic E-state index is 6.00. The van der Waals surface area contributed by atoms with E-state index >= 15 is 0 Å². The Kier molecular flexibility index (Phi) is 15.9. The Morgan fingerprint density at radius 2 is 2.00 bits per heavy atom. The molecule has 0 spiro atoms. The van der Waals surface area contributed by atoms with Crippen molar-refractivity contribution in [1.82, 2.24) is 0 Å². The summed E-state index contributed by atoms with van der Waals surface area (Å²) in [6.07, 6.45) is 11.9. The second-order valence-electron chi connectivity index (χ2n) is 2.51. The van der Waals surface area contributed by atoms with Crippen LogP contribution in [0.5, 0.6) is 0 Å². The summed E-state index contributed by atoms with van der Waals surface area (Å²) in [5.41, 5.74) is 6.03. The minimum atomic E-state index is 0. The van der Waals surface area contributed by atoms with Gasteiger partial charge in [-0.15, -0.1) is 0 Å². The van der Waals surface area contributed by atoms with E-state index in [0.717, 1.165) is 0 Å². The topological polar surface area (TPSA) is 66.5 Å². The first-order valence-corrected chi connectivity index (χ1v) is 4.57. The van der Waals surface area contributed by atoms with Gasteiger partial charge in [0.15, 0.2) is 0 Å². The summed E-state index contributed by atoms with van der Waals surface area (Å²) >= 11 is 0. The van der Waals surface area contributed by atoms with Crippen LogP contribution in [-0.4, -0.2) is 17.6 Å². The van der Waals surface area contributed by atoms with E-state index in [1.54, 1.807) is 0 Å². The zero-order valence-corrected chi connectivity index (χ0v) is 8.53. The van der Waals surface area contributed by atoms with Crippen molar-refractivity contribution in [2.45, 2.75) is 32.6 Å². The fraction of sp³-hybridized carbons (Fsp3) is 0.600. The molecule has 0 aliphatic heterocycles. The van der Waals surface area contributed by atoms with Gasteiger partial charge in [-0.25, -0.2) is 0 Å². The molecule has 0 amide bonds. The van der Waals surface area contributed by atoms with Crippen LogP contribution in [0, 0.1) is 0 Å². The van der Waals surface area contributed by atoms with Crippen molar-refractivity contribution >= 4 is 0 Å². The van der Waals surface area contributed by atoms with Gasteiger partial charge >= 0.3 is 0 Å². The van der Waals surface area contributed by atoms with Crippen molar-refractivity contribution in [2.24, 2.45) is 5.73 Å². The van der Waals surface area contributed by atoms with Crippen molar-refractivity contribution in [3.8, 4) is 0 Å². The Labute approximate surface area is 82.0 Å². The molecular weight excluding hydrogens is 166 g/mol. The molecule has 1 aliphatic rings. The van der Waals surface area contributed by atoms with E-state index in [0.29, 0.717) is 0 Å². The molecule has 13 heavy (non-hydrogen) atoms. The summed E-state index contributed by atoms with van der Waals surface area (Å²) in [6.45, 7) is 2.23. The molecule has 0 radical (unpaired) electrons. The molecule has 0 heterocycles. The van der Waals surface area contributed by atoms with E-state index in [-0.39, 0.29) is 1.43 Å². The van der Waals surface area contributed by atoms with Gasteiger partial charge in [-0.1, -0.05) is 37.1 Å². The predicted octanol–water partition coefficient (Wildman–Crippen LogP) is 2.90. The normalized spacial score (nSPS) is 13.2. The molecule has 0 bridgehead atoms. The molecule has 3 nitrogen and oxygen atoms in total. The molecule has 1 rings (SSSR count). The highest BCUT2D eigenvalue weighted by Crippen LogP contribution is 2.13. The highest BCUT2D eigenvalue weighted by molar-refractivity contribution is 5.21. The van der Waals surface area contributed by atoms with Gasteiger partial charge < -0.3 is 5.73 Å². The molecule has 3 heteroatoms. The first-order valence-electron chi connectivity index (χ1n) is 4.57. The lowest BCUT2D eigenvalue weighted by molar-refractivity contribution is -0.176. The minimum absolute atomic E-state index is 0. The van der Waals surface area contributed by atoms with Gasteiger partial charge in [0.25, 0.3) is 0 Å². The number of nitrogens with two attached hydrogens (primary N) is 1. The van der Waals surface area contributed by atoms with Crippen LogP contribution in [-0.2, 0) is 0 Å². The van der Waals surface area contributed by atoms with Crippen LogP contribution in [0.15, 0.2) is 23.8 Å². The SMILES string of the molecule is CCCC1=CCCC=C1.CN.OO.[HH]. The standard InChI is InChI=1S/C9H14.CH5N.H2O2.H2/c1-2-6-9-7-4-3-5-8-9;2*1-2;/h4,7-8H,2-3,5-6H2,1H3;2H2,1H3;1-2H;1H. The third-order valence-electron chi connectivity index (χ3n) is 1.61. The third kappa shape index (κ3) is 9.27. The van der Waals surface area contributed by atoms with Crippen LogP contribution in [0.25, 0.3) is 0 Å². The molecule has 1 aliphatic carbocycles. The van der Waals surface area contributed by atoms with Crippen LogP contribution in [0.1, 0.15) is 34.0 Å². The molecule has 80 valence electrons. The van der Waals surface area contributed by atoms with Crippen LogP contribution < -0.4 is 5.73 Å². The molecule has 0 fully saturated rings. The Morgan fingerprint density at radius 1 is 1.38 bits per heavy atom. The van der Waals surface area contributed by atoms with Gasteiger partial charge in [0.2, 0.25) is 0 Å². The van der Waals surface area contributed by atoms with Crippen LogP contribution >= 0.6 is 0 Å². The van der Waals surface area contributed by atoms with E-state index in [1.807, 2.05) is 0 Å². The average molecular weight is 189 g/mol. The van der Waals surface area contributed by atoms with E-state index in [1.165, 1.54) is 38.3 Å². The number of rotatable bonds is 2. The number of hydrogen-bond acceptors (Lipinski definition) is 3. The maximum absolute atomic E-state index is 6.00. The smallest absolute Gasteiger partial charge is 0 e. The summed E-state index contributed by atoms with van der Waals surface area (Å²) in [5.74, 6) is 0. The van der Waals surface area contributed by atoms with Crippen LogP contribution in [0.3, 0.4) is 0 Å². The third-order valence-corrected chi connectivity index (χ3v) is 1.61. The quantitative estimate of drug-likeness (QED) is 0.462. The zero-order chi connectivity index (χ0) is 10.5. The second-order valence-corrected chi connectivity index (χ2v) is 2.51. The fourth-order valence-corrected chi connectivity index (χ4v) is 1.14. The van der Waals surface area contributed by atoms with Crippen molar-refractivity contribution in [1.29, 1.82) is 0 Å². The number of allylic oxidation sites excluding steroid dienone is 4. The summed E-state index contributed by atoms with van der Waals surface area (Å²) in [6, 6.07) is 0. The maximum Gasteiger partial charge on any atom is 0 e. The molecule has 0 unspecified atom stereocenters. The second kappa shape index (κ2) is 13.9. The van der Waals surface area contributed by atoms with Crippen molar-refractivity contribution < 1.29 is 11.9 Å². The molecule has 0 saturated carbocycles. The van der Waals surface area contributed by atoms with E-state index < -0.39 is 0 Å². The summed E-state index contributed by atoms with van der Waals surface area (Å²) < 4.78 is 0. The minimum Gasteiger partial charge on any atom is -0.333 e. The molecular formula is C10H23NO2. The first kappa shape index (κ1) is 14.9. The zero-order valence-electron chi connectivity index (χ0n) is 8.53. The first-order chi connectivity index (χ1) is 6.43. The Balaban J connectivity index is -0.000000216. The Hall–Kier alpha value is -0.640. The lowest BCUT2D eigenvalue weighted by Crippen LogP contribution is -1.82. The summed E-state index contributed by atoms with van der Waals surface area (Å²) in [5, 5.41) is 12.0. The van der Waals surface area contributed by atoms with E-state index in [2.05, 4.69) is 30.9 Å². The lowest BCUT2D eigenvalue weighted by Gasteiger charge is -2.03. The van der Waals surface area contributed by atoms with Crippen molar-refractivity contribution in [3.05, 3.63) is 23.8 Å². The predicted molar refractivity (Wildman–Crippen MR) is 58.8 cm³/mol. The van der Waals surface area contributed by atoms with Gasteiger partial charge in [0.05, 0.1) is 0 Å². The molecule has 0 aromatic carbocycles. The van der Waals surface area contributed by atoms with Gasteiger partial charge in [-0.2, -0.15) is 0 Å².